The molecular weight excluding hydrogens is 205 g/mol. The van der Waals surface area contributed by atoms with Gasteiger partial charge in [0.2, 0.25) is 0 Å². The van der Waals surface area contributed by atoms with Crippen molar-refractivity contribution in [3.63, 3.8) is 0 Å². The molecular formula is C3H8IN3. The standard InChI is InChI=1S/C3H8IN3/c4-3-7-6-2-1-5/h3,6H,1-2,5H2/b7-3-. The molecule has 0 amide bonds. The van der Waals surface area contributed by atoms with E-state index in [2.05, 4.69) is 10.5 Å². The predicted octanol–water partition coefficient (Wildman–Crippen LogP) is -0.0870. The van der Waals surface area contributed by atoms with E-state index in [0.717, 1.165) is 6.54 Å². The molecule has 0 aliphatic carbocycles. The summed E-state index contributed by atoms with van der Waals surface area (Å²) in [6, 6.07) is 0. The van der Waals surface area contributed by atoms with Gasteiger partial charge < -0.3 is 11.2 Å². The molecule has 3 N–H and O–H groups in total. The number of hydrazone groups is 1. The third-order valence-corrected chi connectivity index (χ3v) is 0.675. The quantitative estimate of drug-likeness (QED) is 0.298. The van der Waals surface area contributed by atoms with Crippen molar-refractivity contribution in [3.8, 4) is 0 Å². The second kappa shape index (κ2) is 6.16. The van der Waals surface area contributed by atoms with Crippen LogP contribution in [0.1, 0.15) is 0 Å². The van der Waals surface area contributed by atoms with E-state index in [4.69, 9.17) is 5.73 Å². The third-order valence-electron chi connectivity index (χ3n) is 0.396. The van der Waals surface area contributed by atoms with Crippen LogP contribution in [0.5, 0.6) is 0 Å². The summed E-state index contributed by atoms with van der Waals surface area (Å²) >= 11 is 2.03. The molecule has 0 saturated heterocycles. The summed E-state index contributed by atoms with van der Waals surface area (Å²) in [6.07, 6.45) is 0. The van der Waals surface area contributed by atoms with Gasteiger partial charge in [0.05, 0.1) is 4.22 Å². The summed E-state index contributed by atoms with van der Waals surface area (Å²) in [7, 11) is 0. The molecule has 0 saturated carbocycles. The highest BCUT2D eigenvalue weighted by Gasteiger charge is 1.69. The maximum Gasteiger partial charge on any atom is 0.0850 e. The molecule has 0 bridgehead atoms. The van der Waals surface area contributed by atoms with Crippen LogP contribution < -0.4 is 11.2 Å². The molecule has 0 aliphatic rings. The molecule has 0 heterocycles. The highest BCUT2D eigenvalue weighted by Crippen LogP contribution is 1.65. The van der Waals surface area contributed by atoms with E-state index in [1.54, 1.807) is 4.22 Å². The first-order valence-corrected chi connectivity index (χ1v) is 3.21. The molecule has 0 aromatic rings. The van der Waals surface area contributed by atoms with Gasteiger partial charge in [-0.25, -0.2) is 0 Å². The fraction of sp³-hybridized carbons (Fsp3) is 0.667. The number of nitrogens with two attached hydrogens (primary N) is 1. The predicted molar refractivity (Wildman–Crippen MR) is 39.6 cm³/mol. The van der Waals surface area contributed by atoms with Gasteiger partial charge in [0.15, 0.2) is 0 Å². The SMILES string of the molecule is NCCN/N=C\I. The van der Waals surface area contributed by atoms with E-state index >= 15 is 0 Å². The molecule has 0 rings (SSSR count). The van der Waals surface area contributed by atoms with Crippen molar-refractivity contribution in [2.75, 3.05) is 13.1 Å². The first kappa shape index (κ1) is 7.16. The molecule has 0 aliphatic heterocycles. The Morgan fingerprint density at radius 2 is 2.57 bits per heavy atom. The summed E-state index contributed by atoms with van der Waals surface area (Å²) < 4.78 is 1.66. The van der Waals surface area contributed by atoms with Gasteiger partial charge in [-0.05, 0) is 22.6 Å². The second-order valence-electron chi connectivity index (χ2n) is 0.923. The summed E-state index contributed by atoms with van der Waals surface area (Å²) in [4.78, 5) is 0. The number of hydrogen-bond acceptors (Lipinski definition) is 3. The first-order valence-electron chi connectivity index (χ1n) is 1.96. The minimum absolute atomic E-state index is 0.633. The monoisotopic (exact) mass is 213 g/mol. The number of rotatable bonds is 3. The molecule has 7 heavy (non-hydrogen) atoms. The topological polar surface area (TPSA) is 50.4 Å². The molecule has 0 spiro atoms. The average Bonchev–Trinajstić information content (AvgIpc) is 1.69. The summed E-state index contributed by atoms with van der Waals surface area (Å²) in [5, 5.41) is 3.69. The van der Waals surface area contributed by atoms with E-state index < -0.39 is 0 Å². The lowest BCUT2D eigenvalue weighted by Crippen LogP contribution is -2.16. The minimum Gasteiger partial charge on any atom is -0.329 e. The smallest absolute Gasteiger partial charge is 0.0850 e. The van der Waals surface area contributed by atoms with Crippen molar-refractivity contribution in [2.24, 2.45) is 10.8 Å². The van der Waals surface area contributed by atoms with Crippen LogP contribution in [0.4, 0.5) is 0 Å². The Balaban J connectivity index is 2.69. The summed E-state index contributed by atoms with van der Waals surface area (Å²) in [5.41, 5.74) is 7.85. The second-order valence-corrected chi connectivity index (χ2v) is 1.48. The van der Waals surface area contributed by atoms with Crippen LogP contribution in [0, 0.1) is 0 Å². The lowest BCUT2D eigenvalue weighted by Gasteiger charge is -1.90. The van der Waals surface area contributed by atoms with Crippen LogP contribution in [-0.2, 0) is 0 Å². The third kappa shape index (κ3) is 6.16. The highest BCUT2D eigenvalue weighted by molar-refractivity contribution is 14.1. The molecule has 4 heteroatoms. The lowest BCUT2D eigenvalue weighted by molar-refractivity contribution is 0.745. The van der Waals surface area contributed by atoms with E-state index in [-0.39, 0.29) is 0 Å². The van der Waals surface area contributed by atoms with Gasteiger partial charge in [-0.2, -0.15) is 5.10 Å². The molecule has 0 unspecified atom stereocenters. The zero-order valence-electron chi connectivity index (χ0n) is 3.89. The summed E-state index contributed by atoms with van der Waals surface area (Å²) in [5.74, 6) is 0. The van der Waals surface area contributed by atoms with Crippen LogP contribution in [0.25, 0.3) is 0 Å². The maximum absolute atomic E-state index is 5.13. The maximum atomic E-state index is 5.13. The zero-order chi connectivity index (χ0) is 5.54. The Morgan fingerprint density at radius 1 is 1.86 bits per heavy atom. The van der Waals surface area contributed by atoms with E-state index in [1.807, 2.05) is 22.6 Å². The Morgan fingerprint density at radius 3 is 3.00 bits per heavy atom. The fourth-order valence-corrected chi connectivity index (χ4v) is 0.361. The Labute approximate surface area is 56.5 Å². The molecule has 0 atom stereocenters. The molecule has 0 radical (unpaired) electrons. The lowest BCUT2D eigenvalue weighted by atomic mass is 10.7. The van der Waals surface area contributed by atoms with Crippen LogP contribution in [0.2, 0.25) is 0 Å². The number of nitrogens with one attached hydrogen (secondary N) is 1. The number of nitrogens with zero attached hydrogens (tertiary/aromatic N) is 1. The molecule has 0 fully saturated rings. The van der Waals surface area contributed by atoms with Crippen molar-refractivity contribution in [1.82, 2.24) is 5.43 Å². The van der Waals surface area contributed by atoms with Gasteiger partial charge in [-0.3, -0.25) is 0 Å². The van der Waals surface area contributed by atoms with Crippen molar-refractivity contribution in [3.05, 3.63) is 0 Å². The normalized spacial score (nSPS) is 10.0. The van der Waals surface area contributed by atoms with Gasteiger partial charge in [0.1, 0.15) is 0 Å². The van der Waals surface area contributed by atoms with Gasteiger partial charge in [-0.15, -0.1) is 0 Å². The fourth-order valence-electron chi connectivity index (χ4n) is 0.164. The molecule has 42 valence electrons. The Kier molecular flexibility index (Phi) is 6.30. The number of hydrogen-bond donors (Lipinski definition) is 2. The van der Waals surface area contributed by atoms with Crippen molar-refractivity contribution < 1.29 is 0 Å². The van der Waals surface area contributed by atoms with E-state index in [9.17, 15) is 0 Å². The Hall–Kier alpha value is 0.160. The first-order chi connectivity index (χ1) is 3.41. The van der Waals surface area contributed by atoms with Crippen LogP contribution in [0.15, 0.2) is 5.10 Å². The van der Waals surface area contributed by atoms with Gasteiger partial charge >= 0.3 is 0 Å². The number of halogens is 1. The Bertz CT molecular complexity index is 54.1. The van der Waals surface area contributed by atoms with Gasteiger partial charge in [-0.1, -0.05) is 0 Å². The van der Waals surface area contributed by atoms with E-state index in [1.165, 1.54) is 0 Å². The zero-order valence-corrected chi connectivity index (χ0v) is 6.05. The van der Waals surface area contributed by atoms with Gasteiger partial charge in [0.25, 0.3) is 0 Å². The molecule has 3 nitrogen and oxygen atoms in total. The molecule has 0 aromatic carbocycles. The molecule has 0 aromatic heterocycles. The minimum atomic E-state index is 0.633. The van der Waals surface area contributed by atoms with Crippen molar-refractivity contribution in [2.45, 2.75) is 0 Å². The van der Waals surface area contributed by atoms with Gasteiger partial charge in [0, 0.05) is 13.1 Å². The van der Waals surface area contributed by atoms with Crippen molar-refractivity contribution in [1.29, 1.82) is 0 Å². The largest absolute Gasteiger partial charge is 0.329 e. The van der Waals surface area contributed by atoms with Crippen LogP contribution in [0.3, 0.4) is 0 Å². The average molecular weight is 213 g/mol. The van der Waals surface area contributed by atoms with Crippen LogP contribution in [-0.4, -0.2) is 17.3 Å². The highest BCUT2D eigenvalue weighted by atomic mass is 127. The van der Waals surface area contributed by atoms with E-state index in [0.29, 0.717) is 6.54 Å². The van der Waals surface area contributed by atoms with Crippen LogP contribution >= 0.6 is 22.6 Å². The summed E-state index contributed by atoms with van der Waals surface area (Å²) in [6.45, 7) is 1.38. The van der Waals surface area contributed by atoms with Crippen molar-refractivity contribution >= 4 is 26.8 Å².